The van der Waals surface area contributed by atoms with Gasteiger partial charge in [0, 0.05) is 12.3 Å². The third kappa shape index (κ3) is 3.21. The van der Waals surface area contributed by atoms with E-state index in [2.05, 4.69) is 4.98 Å². The first-order valence-electron chi connectivity index (χ1n) is 6.90. The lowest BCUT2D eigenvalue weighted by molar-refractivity contribution is -0.139. The van der Waals surface area contributed by atoms with Crippen molar-refractivity contribution in [3.05, 3.63) is 59.9 Å². The number of pyridine rings is 1. The molecule has 2 aromatic rings. The van der Waals surface area contributed by atoms with Gasteiger partial charge in [0.2, 0.25) is 5.91 Å². The number of ether oxygens (including phenoxy) is 1. The second-order valence-corrected chi connectivity index (χ2v) is 5.14. The van der Waals surface area contributed by atoms with Crippen LogP contribution in [0.1, 0.15) is 5.56 Å². The number of benzene rings is 1. The van der Waals surface area contributed by atoms with E-state index in [9.17, 15) is 13.6 Å². The molecule has 6 heteroatoms. The van der Waals surface area contributed by atoms with E-state index in [0.717, 1.165) is 12.1 Å². The summed E-state index contributed by atoms with van der Waals surface area (Å²) in [4.78, 5) is 17.6. The maximum atomic E-state index is 13.5. The molecule has 4 nitrogen and oxygen atoms in total. The van der Waals surface area contributed by atoms with E-state index in [4.69, 9.17) is 4.74 Å². The number of amides is 1. The SMILES string of the molecule is O=C(Cc1ccc(F)cc1F)N1CC(Oc2cccnc2)C1. The molecule has 1 aliphatic rings. The molecular formula is C16H14F2N2O2. The summed E-state index contributed by atoms with van der Waals surface area (Å²) in [6.45, 7) is 0.910. The normalized spacial score (nSPS) is 14.5. The molecule has 0 atom stereocenters. The average Bonchev–Trinajstić information content (AvgIpc) is 2.46. The predicted molar refractivity (Wildman–Crippen MR) is 75.3 cm³/mol. The number of nitrogens with zero attached hydrogens (tertiary/aromatic N) is 2. The summed E-state index contributed by atoms with van der Waals surface area (Å²) >= 11 is 0. The van der Waals surface area contributed by atoms with Gasteiger partial charge in [0.15, 0.2) is 0 Å². The lowest BCUT2D eigenvalue weighted by Gasteiger charge is -2.39. The molecule has 2 heterocycles. The minimum Gasteiger partial charge on any atom is -0.485 e. The second-order valence-electron chi connectivity index (χ2n) is 5.14. The van der Waals surface area contributed by atoms with Crippen molar-refractivity contribution >= 4 is 5.91 Å². The van der Waals surface area contributed by atoms with Crippen LogP contribution in [0.2, 0.25) is 0 Å². The number of aromatic nitrogens is 1. The Labute approximate surface area is 126 Å². The molecule has 1 aliphatic heterocycles. The molecule has 22 heavy (non-hydrogen) atoms. The van der Waals surface area contributed by atoms with Gasteiger partial charge >= 0.3 is 0 Å². The van der Waals surface area contributed by atoms with Crippen molar-refractivity contribution in [2.75, 3.05) is 13.1 Å². The van der Waals surface area contributed by atoms with E-state index in [1.54, 1.807) is 29.4 Å². The Kier molecular flexibility index (Phi) is 4.00. The van der Waals surface area contributed by atoms with Crippen molar-refractivity contribution in [2.24, 2.45) is 0 Å². The van der Waals surface area contributed by atoms with Gasteiger partial charge in [-0.2, -0.15) is 0 Å². The fourth-order valence-electron chi connectivity index (χ4n) is 2.27. The molecule has 0 spiro atoms. The molecule has 0 radical (unpaired) electrons. The van der Waals surface area contributed by atoms with Crippen molar-refractivity contribution in [2.45, 2.75) is 12.5 Å². The molecule has 3 rings (SSSR count). The van der Waals surface area contributed by atoms with Crippen LogP contribution in [0.3, 0.4) is 0 Å². The standard InChI is InChI=1S/C16H14F2N2O2/c17-12-4-3-11(15(18)7-12)6-16(21)20-9-14(10-20)22-13-2-1-5-19-8-13/h1-5,7-8,14H,6,9-10H2. The van der Waals surface area contributed by atoms with Crippen LogP contribution in [0.4, 0.5) is 8.78 Å². The van der Waals surface area contributed by atoms with Crippen molar-refractivity contribution in [3.8, 4) is 5.75 Å². The number of hydrogen-bond acceptors (Lipinski definition) is 3. The Hall–Kier alpha value is -2.50. The maximum absolute atomic E-state index is 13.5. The van der Waals surface area contributed by atoms with Crippen LogP contribution in [0.5, 0.6) is 5.75 Å². The van der Waals surface area contributed by atoms with Crippen molar-refractivity contribution < 1.29 is 18.3 Å². The minimum atomic E-state index is -0.697. The van der Waals surface area contributed by atoms with Crippen molar-refractivity contribution in [3.63, 3.8) is 0 Å². The summed E-state index contributed by atoms with van der Waals surface area (Å²) in [5, 5.41) is 0. The molecule has 0 bridgehead atoms. The van der Waals surface area contributed by atoms with Gasteiger partial charge in [0.1, 0.15) is 23.5 Å². The molecule has 1 aromatic carbocycles. The number of likely N-dealkylation sites (tertiary alicyclic amines) is 1. The van der Waals surface area contributed by atoms with Crippen LogP contribution in [0, 0.1) is 11.6 Å². The molecule has 0 aliphatic carbocycles. The summed E-state index contributed by atoms with van der Waals surface area (Å²) in [5.41, 5.74) is 0.197. The summed E-state index contributed by atoms with van der Waals surface area (Å²) in [5.74, 6) is -0.889. The highest BCUT2D eigenvalue weighted by Crippen LogP contribution is 2.19. The van der Waals surface area contributed by atoms with Crippen LogP contribution in [-0.2, 0) is 11.2 Å². The van der Waals surface area contributed by atoms with Crippen LogP contribution in [0.15, 0.2) is 42.7 Å². The Morgan fingerprint density at radius 1 is 1.32 bits per heavy atom. The lowest BCUT2D eigenvalue weighted by Crippen LogP contribution is -2.56. The number of carbonyl (C=O) groups excluding carboxylic acids is 1. The van der Waals surface area contributed by atoms with E-state index in [1.165, 1.54) is 6.07 Å². The van der Waals surface area contributed by atoms with E-state index in [1.807, 2.05) is 0 Å². The average molecular weight is 304 g/mol. The minimum absolute atomic E-state index is 0.0776. The Balaban J connectivity index is 1.51. The molecule has 1 fully saturated rings. The summed E-state index contributed by atoms with van der Waals surface area (Å²) in [6, 6.07) is 6.80. The number of hydrogen-bond donors (Lipinski definition) is 0. The molecule has 1 amide bonds. The quantitative estimate of drug-likeness (QED) is 0.869. The number of rotatable bonds is 4. The fourth-order valence-corrected chi connectivity index (χ4v) is 2.27. The monoisotopic (exact) mass is 304 g/mol. The van der Waals surface area contributed by atoms with Crippen LogP contribution >= 0.6 is 0 Å². The van der Waals surface area contributed by atoms with Crippen LogP contribution in [-0.4, -0.2) is 35.0 Å². The van der Waals surface area contributed by atoms with E-state index < -0.39 is 11.6 Å². The highest BCUT2D eigenvalue weighted by molar-refractivity contribution is 5.79. The third-order valence-electron chi connectivity index (χ3n) is 3.49. The smallest absolute Gasteiger partial charge is 0.227 e. The van der Waals surface area contributed by atoms with Crippen molar-refractivity contribution in [1.29, 1.82) is 0 Å². The topological polar surface area (TPSA) is 42.4 Å². The first-order valence-corrected chi connectivity index (χ1v) is 6.90. The van der Waals surface area contributed by atoms with Gasteiger partial charge in [-0.1, -0.05) is 6.07 Å². The molecule has 0 saturated carbocycles. The lowest BCUT2D eigenvalue weighted by atomic mass is 10.1. The van der Waals surface area contributed by atoms with Crippen LogP contribution in [0.25, 0.3) is 0 Å². The Morgan fingerprint density at radius 2 is 2.14 bits per heavy atom. The Morgan fingerprint density at radius 3 is 2.82 bits per heavy atom. The first-order chi connectivity index (χ1) is 10.6. The van der Waals surface area contributed by atoms with Crippen molar-refractivity contribution in [1.82, 2.24) is 9.88 Å². The Bertz CT molecular complexity index is 673. The fraction of sp³-hybridized carbons (Fsp3) is 0.250. The molecule has 0 unspecified atom stereocenters. The highest BCUT2D eigenvalue weighted by Gasteiger charge is 2.32. The predicted octanol–water partition coefficient (Wildman–Crippen LogP) is 2.19. The second kappa shape index (κ2) is 6.09. The zero-order valence-corrected chi connectivity index (χ0v) is 11.7. The van der Waals surface area contributed by atoms with Crippen LogP contribution < -0.4 is 4.74 Å². The highest BCUT2D eigenvalue weighted by atomic mass is 19.1. The zero-order valence-electron chi connectivity index (χ0n) is 11.7. The van der Waals surface area contributed by atoms with E-state index in [0.29, 0.717) is 18.8 Å². The summed E-state index contributed by atoms with van der Waals surface area (Å²) in [7, 11) is 0. The third-order valence-corrected chi connectivity index (χ3v) is 3.49. The molecule has 114 valence electrons. The van der Waals surface area contributed by atoms with Gasteiger partial charge in [-0.15, -0.1) is 0 Å². The first kappa shape index (κ1) is 14.4. The van der Waals surface area contributed by atoms with E-state index in [-0.39, 0.29) is 24.0 Å². The number of halogens is 2. The number of carbonyl (C=O) groups is 1. The molecule has 1 aromatic heterocycles. The van der Waals surface area contributed by atoms with Gasteiger partial charge in [-0.25, -0.2) is 8.78 Å². The van der Waals surface area contributed by atoms with E-state index >= 15 is 0 Å². The summed E-state index contributed by atoms with van der Waals surface area (Å²) in [6.07, 6.45) is 3.11. The van der Waals surface area contributed by atoms with Gasteiger partial charge in [0.25, 0.3) is 0 Å². The van der Waals surface area contributed by atoms with Gasteiger partial charge in [-0.05, 0) is 23.8 Å². The van der Waals surface area contributed by atoms with Gasteiger partial charge in [0.05, 0.1) is 25.7 Å². The van der Waals surface area contributed by atoms with Gasteiger partial charge < -0.3 is 9.64 Å². The van der Waals surface area contributed by atoms with Gasteiger partial charge in [-0.3, -0.25) is 9.78 Å². The maximum Gasteiger partial charge on any atom is 0.227 e. The molecule has 1 saturated heterocycles. The zero-order chi connectivity index (χ0) is 15.5. The molecular weight excluding hydrogens is 290 g/mol. The largest absolute Gasteiger partial charge is 0.485 e. The summed E-state index contributed by atoms with van der Waals surface area (Å²) < 4.78 is 32.0. The molecule has 0 N–H and O–H groups in total.